The van der Waals surface area contributed by atoms with Crippen LogP contribution < -0.4 is 0 Å². The average Bonchev–Trinajstić information content (AvgIpc) is 2.46. The minimum absolute atomic E-state index is 0.0970. The van der Waals surface area contributed by atoms with Gasteiger partial charge in [-0.15, -0.1) is 0 Å². The number of rotatable bonds is 1. The molecule has 3 nitrogen and oxygen atoms in total. The van der Waals surface area contributed by atoms with Gasteiger partial charge in [0, 0.05) is 11.1 Å². The summed E-state index contributed by atoms with van der Waals surface area (Å²) in [6.07, 6.45) is 3.74. The van der Waals surface area contributed by atoms with Gasteiger partial charge in [-0.25, -0.2) is 4.99 Å². The molecule has 0 atom stereocenters. The van der Waals surface area contributed by atoms with Crippen molar-refractivity contribution in [3.63, 3.8) is 0 Å². The van der Waals surface area contributed by atoms with Crippen LogP contribution in [0.3, 0.4) is 0 Å². The Morgan fingerprint density at radius 1 is 0.958 bits per heavy atom. The van der Waals surface area contributed by atoms with Crippen LogP contribution >= 0.6 is 0 Å². The van der Waals surface area contributed by atoms with Gasteiger partial charge in [-0.1, -0.05) is 47.6 Å². The molecule has 1 aromatic carbocycles. The first-order chi connectivity index (χ1) is 11.0. The Hall–Kier alpha value is -2.47. The lowest BCUT2D eigenvalue weighted by molar-refractivity contribution is -0.114. The third kappa shape index (κ3) is 3.89. The number of nitrogens with zero attached hydrogens (tertiary/aromatic N) is 2. The van der Waals surface area contributed by atoms with E-state index in [0.717, 1.165) is 16.9 Å². The third-order valence-corrected chi connectivity index (χ3v) is 3.92. The molecule has 1 aliphatic carbocycles. The average molecular weight is 320 g/mol. The van der Waals surface area contributed by atoms with Gasteiger partial charge in [-0.3, -0.25) is 4.79 Å². The Bertz CT molecular complexity index is 767. The standard InChI is InChI=1S/C21H24N2O/c1-20(2,3)17-11-16(12-18(19(17)24)21(4,5)6)23-15-9-7-8-14(10-15)13-22/h7-12H,1-6H3. The summed E-state index contributed by atoms with van der Waals surface area (Å²) in [4.78, 5) is 17.5. The summed E-state index contributed by atoms with van der Waals surface area (Å²) in [6.45, 7) is 12.2. The fourth-order valence-electron chi connectivity index (χ4n) is 2.59. The molecule has 0 aromatic heterocycles. The minimum atomic E-state index is -0.253. The SMILES string of the molecule is CC(C)(C)C1=CC(=Nc2cccc(C#N)c2)C=C(C(C)(C)C)C1=O. The number of Topliss-reactive ketones (excluding diaryl/α,β-unsaturated/α-hetero) is 1. The highest BCUT2D eigenvalue weighted by atomic mass is 16.1. The van der Waals surface area contributed by atoms with Crippen molar-refractivity contribution < 1.29 is 4.79 Å². The van der Waals surface area contributed by atoms with Crippen molar-refractivity contribution in [1.82, 2.24) is 0 Å². The van der Waals surface area contributed by atoms with E-state index < -0.39 is 0 Å². The first-order valence-corrected chi connectivity index (χ1v) is 8.10. The van der Waals surface area contributed by atoms with Gasteiger partial charge in [0.25, 0.3) is 0 Å². The van der Waals surface area contributed by atoms with Crippen LogP contribution in [0.15, 0.2) is 52.6 Å². The van der Waals surface area contributed by atoms with E-state index in [4.69, 9.17) is 5.26 Å². The van der Waals surface area contributed by atoms with Crippen LogP contribution in [0.4, 0.5) is 5.69 Å². The Labute approximate surface area is 144 Å². The van der Waals surface area contributed by atoms with Crippen molar-refractivity contribution >= 4 is 17.2 Å². The van der Waals surface area contributed by atoms with Crippen LogP contribution in [-0.2, 0) is 4.79 Å². The van der Waals surface area contributed by atoms with Crippen LogP contribution in [0.1, 0.15) is 47.1 Å². The quantitative estimate of drug-likeness (QED) is 0.671. The summed E-state index contributed by atoms with van der Waals surface area (Å²) < 4.78 is 0. The second-order valence-electron chi connectivity index (χ2n) is 8.14. The molecule has 3 heteroatoms. The number of nitriles is 1. The van der Waals surface area contributed by atoms with Gasteiger partial charge < -0.3 is 0 Å². The predicted molar refractivity (Wildman–Crippen MR) is 98.3 cm³/mol. The molecule has 1 aliphatic rings. The molecule has 2 rings (SSSR count). The molecule has 0 fully saturated rings. The van der Waals surface area contributed by atoms with E-state index in [-0.39, 0.29) is 16.6 Å². The van der Waals surface area contributed by atoms with E-state index in [1.165, 1.54) is 0 Å². The van der Waals surface area contributed by atoms with Crippen LogP contribution in [0.25, 0.3) is 0 Å². The van der Waals surface area contributed by atoms with Crippen LogP contribution in [0.2, 0.25) is 0 Å². The summed E-state index contributed by atoms with van der Waals surface area (Å²) in [7, 11) is 0. The largest absolute Gasteiger partial charge is 0.289 e. The van der Waals surface area contributed by atoms with Gasteiger partial charge in [0.1, 0.15) is 0 Å². The van der Waals surface area contributed by atoms with E-state index >= 15 is 0 Å². The Balaban J connectivity index is 2.59. The summed E-state index contributed by atoms with van der Waals surface area (Å²) in [5.74, 6) is 0.0970. The fraction of sp³-hybridized carbons (Fsp3) is 0.381. The second-order valence-corrected chi connectivity index (χ2v) is 8.14. The van der Waals surface area contributed by atoms with Crippen molar-refractivity contribution in [3.8, 4) is 6.07 Å². The zero-order valence-electron chi connectivity index (χ0n) is 15.3. The lowest BCUT2D eigenvalue weighted by Gasteiger charge is -2.31. The summed E-state index contributed by atoms with van der Waals surface area (Å²) >= 11 is 0. The molecule has 0 heterocycles. The van der Waals surface area contributed by atoms with E-state index in [1.807, 2.05) is 65.8 Å². The smallest absolute Gasteiger partial charge is 0.186 e. The molecular weight excluding hydrogens is 296 g/mol. The van der Waals surface area contributed by atoms with Crippen molar-refractivity contribution in [2.75, 3.05) is 0 Å². The highest BCUT2D eigenvalue weighted by Gasteiger charge is 2.34. The number of aliphatic imine (C=N–C) groups is 1. The van der Waals surface area contributed by atoms with E-state index in [1.54, 1.807) is 12.1 Å². The van der Waals surface area contributed by atoms with Gasteiger partial charge in [-0.05, 0) is 41.2 Å². The maximum atomic E-state index is 12.9. The molecule has 0 saturated carbocycles. The molecule has 0 N–H and O–H groups in total. The lowest BCUT2D eigenvalue weighted by Crippen LogP contribution is -2.29. The number of ketones is 1. The predicted octanol–water partition coefficient (Wildman–Crippen LogP) is 5.16. The second kappa shape index (κ2) is 6.20. The Morgan fingerprint density at radius 3 is 1.96 bits per heavy atom. The highest BCUT2D eigenvalue weighted by Crippen LogP contribution is 2.37. The number of hydrogen-bond donors (Lipinski definition) is 0. The zero-order chi connectivity index (χ0) is 18.1. The number of hydrogen-bond acceptors (Lipinski definition) is 3. The topological polar surface area (TPSA) is 53.2 Å². The minimum Gasteiger partial charge on any atom is -0.289 e. The molecule has 124 valence electrons. The maximum Gasteiger partial charge on any atom is 0.186 e. The highest BCUT2D eigenvalue weighted by molar-refractivity contribution is 6.23. The van der Waals surface area contributed by atoms with E-state index in [2.05, 4.69) is 11.1 Å². The Kier molecular flexibility index (Phi) is 4.62. The van der Waals surface area contributed by atoms with Gasteiger partial charge in [0.2, 0.25) is 0 Å². The third-order valence-electron chi connectivity index (χ3n) is 3.92. The summed E-state index contributed by atoms with van der Waals surface area (Å²) in [5, 5.41) is 9.03. The molecule has 0 bridgehead atoms. The molecule has 0 spiro atoms. The molecular formula is C21H24N2O. The Morgan fingerprint density at radius 2 is 1.50 bits per heavy atom. The van der Waals surface area contributed by atoms with Gasteiger partial charge in [0.15, 0.2) is 5.78 Å². The van der Waals surface area contributed by atoms with Crippen molar-refractivity contribution in [2.45, 2.75) is 41.5 Å². The normalized spacial score (nSPS) is 15.5. The molecule has 0 unspecified atom stereocenters. The molecule has 0 saturated heterocycles. The number of carbonyl (C=O) groups is 1. The summed E-state index contributed by atoms with van der Waals surface area (Å²) in [5.41, 5.74) is 3.07. The summed E-state index contributed by atoms with van der Waals surface area (Å²) in [6, 6.07) is 9.30. The zero-order valence-corrected chi connectivity index (χ0v) is 15.3. The van der Waals surface area contributed by atoms with Gasteiger partial charge >= 0.3 is 0 Å². The molecule has 0 amide bonds. The lowest BCUT2D eigenvalue weighted by atomic mass is 9.72. The first kappa shape index (κ1) is 17.9. The van der Waals surface area contributed by atoms with Crippen LogP contribution in [0, 0.1) is 22.2 Å². The maximum absolute atomic E-state index is 12.9. The van der Waals surface area contributed by atoms with E-state index in [9.17, 15) is 4.79 Å². The fourth-order valence-corrected chi connectivity index (χ4v) is 2.59. The van der Waals surface area contributed by atoms with Crippen molar-refractivity contribution in [2.24, 2.45) is 15.8 Å². The van der Waals surface area contributed by atoms with E-state index in [0.29, 0.717) is 11.3 Å². The molecule has 0 radical (unpaired) electrons. The van der Waals surface area contributed by atoms with Crippen LogP contribution in [0.5, 0.6) is 0 Å². The van der Waals surface area contributed by atoms with Crippen molar-refractivity contribution in [1.29, 1.82) is 5.26 Å². The first-order valence-electron chi connectivity index (χ1n) is 8.10. The molecule has 0 aliphatic heterocycles. The van der Waals surface area contributed by atoms with Gasteiger partial charge in [0.05, 0.1) is 23.0 Å². The number of benzene rings is 1. The molecule has 1 aromatic rings. The monoisotopic (exact) mass is 320 g/mol. The number of allylic oxidation sites excluding steroid dienone is 4. The number of carbonyl (C=O) groups excluding carboxylic acids is 1. The van der Waals surface area contributed by atoms with Gasteiger partial charge in [-0.2, -0.15) is 5.26 Å². The van der Waals surface area contributed by atoms with Crippen LogP contribution in [-0.4, -0.2) is 11.5 Å². The molecule has 24 heavy (non-hydrogen) atoms. The van der Waals surface area contributed by atoms with Crippen molar-refractivity contribution in [3.05, 3.63) is 53.1 Å².